The van der Waals surface area contributed by atoms with Crippen molar-refractivity contribution in [2.75, 3.05) is 0 Å². The van der Waals surface area contributed by atoms with E-state index in [2.05, 4.69) is 10.1 Å². The number of ether oxygens (including phenoxy) is 1. The normalized spacial score (nSPS) is 15.5. The smallest absolute Gasteiger partial charge is 0.264 e. The molecule has 1 heterocycles. The molecule has 0 bridgehead atoms. The lowest BCUT2D eigenvalue weighted by Crippen LogP contribution is -2.46. The van der Waals surface area contributed by atoms with Crippen molar-refractivity contribution in [1.82, 2.24) is 15.0 Å². The van der Waals surface area contributed by atoms with Gasteiger partial charge in [-0.05, 0) is 31.9 Å². The molecule has 1 fully saturated rings. The van der Waals surface area contributed by atoms with Gasteiger partial charge < -0.3 is 14.2 Å². The Balaban J connectivity index is 1.51. The number of nitrogens with zero attached hydrogens (tertiary/aromatic N) is 3. The molecule has 3 aromatic rings. The maximum Gasteiger partial charge on any atom is 0.264 e. The van der Waals surface area contributed by atoms with Crippen LogP contribution in [0.3, 0.4) is 0 Å². The Labute approximate surface area is 176 Å². The maximum absolute atomic E-state index is 13.3. The van der Waals surface area contributed by atoms with Crippen LogP contribution in [0.15, 0.2) is 65.2 Å². The van der Waals surface area contributed by atoms with Gasteiger partial charge in [-0.15, -0.1) is 0 Å². The molecule has 0 radical (unpaired) electrons. The van der Waals surface area contributed by atoms with Gasteiger partial charge >= 0.3 is 0 Å². The summed E-state index contributed by atoms with van der Waals surface area (Å²) in [5.41, 5.74) is 0.892. The predicted octanol–water partition coefficient (Wildman–Crippen LogP) is 4.87. The molecule has 6 nitrogen and oxygen atoms in total. The number of carbonyl (C=O) groups excluding carboxylic acids is 1. The van der Waals surface area contributed by atoms with E-state index in [1.807, 2.05) is 65.6 Å². The number of aromatic nitrogens is 2. The summed E-state index contributed by atoms with van der Waals surface area (Å²) < 4.78 is 11.4. The molecule has 6 heteroatoms. The first-order valence-corrected chi connectivity index (χ1v) is 10.6. The molecule has 1 amide bonds. The van der Waals surface area contributed by atoms with Gasteiger partial charge in [0.15, 0.2) is 6.10 Å². The lowest BCUT2D eigenvalue weighted by Gasteiger charge is -2.35. The largest absolute Gasteiger partial charge is 0.481 e. The van der Waals surface area contributed by atoms with Gasteiger partial charge in [0.05, 0.1) is 0 Å². The third kappa shape index (κ3) is 4.87. The van der Waals surface area contributed by atoms with Gasteiger partial charge in [0.1, 0.15) is 12.3 Å². The molecule has 1 aliphatic carbocycles. The summed E-state index contributed by atoms with van der Waals surface area (Å²) in [5, 5.41) is 4.10. The number of hydrogen-bond donors (Lipinski definition) is 0. The molecule has 30 heavy (non-hydrogen) atoms. The summed E-state index contributed by atoms with van der Waals surface area (Å²) in [6.45, 7) is 2.10. The second-order valence-electron chi connectivity index (χ2n) is 7.71. The van der Waals surface area contributed by atoms with Gasteiger partial charge in [0.25, 0.3) is 5.91 Å². The second kappa shape index (κ2) is 9.57. The standard InChI is InChI=1S/C24H27N3O3/c1-18(29-21-15-9-4-10-16-21)24(28)27(20-13-7-3-8-14-20)17-22-25-23(26-30-22)19-11-5-2-6-12-19/h2,4-6,9-12,15-16,18,20H,3,7-8,13-14,17H2,1H3. The molecule has 1 unspecified atom stereocenters. The van der Waals surface area contributed by atoms with Crippen molar-refractivity contribution in [3.05, 3.63) is 66.6 Å². The minimum absolute atomic E-state index is 0.0507. The van der Waals surface area contributed by atoms with Gasteiger partial charge in [-0.2, -0.15) is 4.98 Å². The molecule has 1 aliphatic rings. The van der Waals surface area contributed by atoms with Crippen molar-refractivity contribution < 1.29 is 14.1 Å². The van der Waals surface area contributed by atoms with Gasteiger partial charge in [-0.25, -0.2) is 0 Å². The number of para-hydroxylation sites is 1. The van der Waals surface area contributed by atoms with E-state index in [1.54, 1.807) is 6.92 Å². The van der Waals surface area contributed by atoms with Gasteiger partial charge in [0, 0.05) is 11.6 Å². The van der Waals surface area contributed by atoms with E-state index in [9.17, 15) is 4.79 Å². The van der Waals surface area contributed by atoms with Crippen molar-refractivity contribution in [3.8, 4) is 17.1 Å². The van der Waals surface area contributed by atoms with Crippen LogP contribution in [0.2, 0.25) is 0 Å². The summed E-state index contributed by atoms with van der Waals surface area (Å²) in [4.78, 5) is 19.7. The minimum atomic E-state index is -0.592. The first kappa shape index (κ1) is 20.1. The van der Waals surface area contributed by atoms with Crippen LogP contribution >= 0.6 is 0 Å². The third-order valence-corrected chi connectivity index (χ3v) is 5.51. The third-order valence-electron chi connectivity index (χ3n) is 5.51. The molecule has 0 spiro atoms. The second-order valence-corrected chi connectivity index (χ2v) is 7.71. The van der Waals surface area contributed by atoms with Crippen LogP contribution in [0, 0.1) is 0 Å². The van der Waals surface area contributed by atoms with Crippen molar-refractivity contribution in [3.63, 3.8) is 0 Å². The van der Waals surface area contributed by atoms with E-state index in [4.69, 9.17) is 9.26 Å². The van der Waals surface area contributed by atoms with Crippen molar-refractivity contribution in [1.29, 1.82) is 0 Å². The highest BCUT2D eigenvalue weighted by Crippen LogP contribution is 2.26. The monoisotopic (exact) mass is 405 g/mol. The average Bonchev–Trinajstić information content (AvgIpc) is 3.28. The van der Waals surface area contributed by atoms with Crippen LogP contribution in [-0.4, -0.2) is 33.1 Å². The zero-order valence-electron chi connectivity index (χ0n) is 17.2. The summed E-state index contributed by atoms with van der Waals surface area (Å²) in [6, 6.07) is 19.3. The van der Waals surface area contributed by atoms with Crippen molar-refractivity contribution in [2.24, 2.45) is 0 Å². The van der Waals surface area contributed by atoms with Crippen LogP contribution in [0.1, 0.15) is 44.9 Å². The topological polar surface area (TPSA) is 68.5 Å². The predicted molar refractivity (Wildman–Crippen MR) is 114 cm³/mol. The average molecular weight is 405 g/mol. The fourth-order valence-electron chi connectivity index (χ4n) is 3.94. The highest BCUT2D eigenvalue weighted by molar-refractivity contribution is 5.81. The molecule has 1 aromatic heterocycles. The van der Waals surface area contributed by atoms with Crippen molar-refractivity contribution >= 4 is 5.91 Å². The van der Waals surface area contributed by atoms with Gasteiger partial charge in [-0.1, -0.05) is 73.0 Å². The fraction of sp³-hybridized carbons (Fsp3) is 0.375. The number of amides is 1. The van der Waals surface area contributed by atoms with Crippen LogP contribution < -0.4 is 4.74 Å². The Morgan fingerprint density at radius 1 is 1.07 bits per heavy atom. The van der Waals surface area contributed by atoms with Gasteiger partial charge in [-0.3, -0.25) is 4.79 Å². The Hall–Kier alpha value is -3.15. The van der Waals surface area contributed by atoms with E-state index in [0.29, 0.717) is 24.0 Å². The first-order valence-electron chi connectivity index (χ1n) is 10.6. The maximum atomic E-state index is 13.3. The van der Waals surface area contributed by atoms with E-state index >= 15 is 0 Å². The van der Waals surface area contributed by atoms with Crippen LogP contribution in [0.5, 0.6) is 5.75 Å². The summed E-state index contributed by atoms with van der Waals surface area (Å²) in [7, 11) is 0. The first-order chi connectivity index (χ1) is 14.7. The quantitative estimate of drug-likeness (QED) is 0.561. The molecular weight excluding hydrogens is 378 g/mol. The minimum Gasteiger partial charge on any atom is -0.481 e. The molecule has 0 N–H and O–H groups in total. The molecular formula is C24H27N3O3. The number of benzene rings is 2. The zero-order chi connectivity index (χ0) is 20.8. The van der Waals surface area contributed by atoms with Crippen LogP contribution in [0.25, 0.3) is 11.4 Å². The Bertz CT molecular complexity index is 937. The SMILES string of the molecule is CC(Oc1ccccc1)C(=O)N(Cc1nc(-c2ccccc2)no1)C1CCCCC1. The van der Waals surface area contributed by atoms with E-state index < -0.39 is 6.10 Å². The fourth-order valence-corrected chi connectivity index (χ4v) is 3.94. The highest BCUT2D eigenvalue weighted by atomic mass is 16.5. The molecule has 1 atom stereocenters. The van der Waals surface area contributed by atoms with Crippen molar-refractivity contribution in [2.45, 2.75) is 57.7 Å². The van der Waals surface area contributed by atoms with E-state index in [-0.39, 0.29) is 11.9 Å². The molecule has 2 aromatic carbocycles. The summed E-state index contributed by atoms with van der Waals surface area (Å²) in [5.74, 6) is 1.62. The van der Waals surface area contributed by atoms with Gasteiger partial charge in [0.2, 0.25) is 11.7 Å². The van der Waals surface area contributed by atoms with E-state index in [1.165, 1.54) is 6.42 Å². The van der Waals surface area contributed by atoms with Crippen LogP contribution in [0.4, 0.5) is 0 Å². The Kier molecular flexibility index (Phi) is 6.42. The van der Waals surface area contributed by atoms with E-state index in [0.717, 1.165) is 31.2 Å². The summed E-state index contributed by atoms with van der Waals surface area (Å²) >= 11 is 0. The number of hydrogen-bond acceptors (Lipinski definition) is 5. The number of carbonyl (C=O) groups is 1. The number of rotatable bonds is 7. The molecule has 4 rings (SSSR count). The molecule has 0 aliphatic heterocycles. The molecule has 156 valence electrons. The zero-order valence-corrected chi connectivity index (χ0v) is 17.2. The lowest BCUT2D eigenvalue weighted by molar-refractivity contribution is -0.142. The Morgan fingerprint density at radius 2 is 1.73 bits per heavy atom. The Morgan fingerprint density at radius 3 is 2.43 bits per heavy atom. The summed E-state index contributed by atoms with van der Waals surface area (Å²) in [6.07, 6.45) is 4.86. The lowest BCUT2D eigenvalue weighted by atomic mass is 9.94. The molecule has 0 saturated heterocycles. The molecule has 1 saturated carbocycles. The highest BCUT2D eigenvalue weighted by Gasteiger charge is 2.31. The van der Waals surface area contributed by atoms with Crippen LogP contribution in [-0.2, 0) is 11.3 Å².